The van der Waals surface area contributed by atoms with Gasteiger partial charge in [-0.3, -0.25) is 0 Å². The molecular weight excluding hydrogens is 316 g/mol. The Morgan fingerprint density at radius 1 is 0.846 bits per heavy atom. The summed E-state index contributed by atoms with van der Waals surface area (Å²) in [7, 11) is 0. The molecule has 0 heterocycles. The summed E-state index contributed by atoms with van der Waals surface area (Å²) in [6, 6.07) is 17.9. The molecule has 1 aliphatic rings. The van der Waals surface area contributed by atoms with Crippen LogP contribution in [0.25, 0.3) is 11.1 Å². The number of rotatable bonds is 7. The van der Waals surface area contributed by atoms with Crippen LogP contribution in [0.1, 0.15) is 71.3 Å². The van der Waals surface area contributed by atoms with Crippen molar-refractivity contribution in [2.75, 3.05) is 6.61 Å². The third-order valence-electron chi connectivity index (χ3n) is 6.24. The normalized spacial score (nSPS) is 17.7. The van der Waals surface area contributed by atoms with Crippen LogP contribution in [0.5, 0.6) is 5.75 Å². The monoisotopic (exact) mass is 350 g/mol. The molecule has 0 saturated heterocycles. The van der Waals surface area contributed by atoms with Crippen LogP contribution in [-0.2, 0) is 5.41 Å². The van der Waals surface area contributed by atoms with Gasteiger partial charge in [0, 0.05) is 0 Å². The Balaban J connectivity index is 1.82. The molecule has 0 N–H and O–H groups in total. The van der Waals surface area contributed by atoms with Gasteiger partial charge in [-0.15, -0.1) is 0 Å². The van der Waals surface area contributed by atoms with Crippen molar-refractivity contribution in [3.63, 3.8) is 0 Å². The van der Waals surface area contributed by atoms with Crippen LogP contribution in [0.3, 0.4) is 0 Å². The molecule has 140 valence electrons. The fraction of sp³-hybridized carbons (Fsp3) is 0.520. The molecule has 0 aromatic heterocycles. The molecule has 1 aliphatic carbocycles. The van der Waals surface area contributed by atoms with Crippen molar-refractivity contribution < 1.29 is 4.74 Å². The van der Waals surface area contributed by atoms with Crippen LogP contribution in [0.2, 0.25) is 0 Å². The maximum Gasteiger partial charge on any atom is 0.119 e. The van der Waals surface area contributed by atoms with Crippen LogP contribution in [0.4, 0.5) is 0 Å². The predicted molar refractivity (Wildman–Crippen MR) is 112 cm³/mol. The number of ether oxygens (including phenoxy) is 1. The molecule has 1 atom stereocenters. The lowest BCUT2D eigenvalue weighted by atomic mass is 9.65. The first-order valence-corrected chi connectivity index (χ1v) is 10.5. The van der Waals surface area contributed by atoms with Crippen molar-refractivity contribution in [2.45, 2.75) is 71.1 Å². The average Bonchev–Trinajstić information content (AvgIpc) is 2.69. The summed E-state index contributed by atoms with van der Waals surface area (Å²) in [4.78, 5) is 0. The standard InChI is InChI=1S/C25H34O/c1-4-20(3)19-25(17-7-6-8-18-25)23-13-9-21(10-14-23)22-11-15-24(16-12-22)26-5-2/h9-16,20H,4-8,17-19H2,1-3H3. The third-order valence-corrected chi connectivity index (χ3v) is 6.24. The van der Waals surface area contributed by atoms with Crippen molar-refractivity contribution in [3.05, 3.63) is 54.1 Å². The van der Waals surface area contributed by atoms with E-state index in [4.69, 9.17) is 4.74 Å². The molecule has 0 aliphatic heterocycles. The second-order valence-corrected chi connectivity index (χ2v) is 8.09. The lowest BCUT2D eigenvalue weighted by Crippen LogP contribution is -2.31. The van der Waals surface area contributed by atoms with Gasteiger partial charge in [-0.1, -0.05) is 75.9 Å². The lowest BCUT2D eigenvalue weighted by molar-refractivity contribution is 0.236. The van der Waals surface area contributed by atoms with Gasteiger partial charge in [0.15, 0.2) is 0 Å². The SMILES string of the molecule is CCOc1ccc(-c2ccc(C3(CC(C)CC)CCCCC3)cc2)cc1. The van der Waals surface area contributed by atoms with E-state index in [9.17, 15) is 0 Å². The van der Waals surface area contributed by atoms with Gasteiger partial charge in [-0.2, -0.15) is 0 Å². The molecule has 0 amide bonds. The minimum Gasteiger partial charge on any atom is -0.494 e. The molecule has 1 unspecified atom stereocenters. The molecule has 1 heteroatoms. The fourth-order valence-corrected chi connectivity index (χ4v) is 4.58. The van der Waals surface area contributed by atoms with Gasteiger partial charge in [0.1, 0.15) is 5.75 Å². The lowest BCUT2D eigenvalue weighted by Gasteiger charge is -2.40. The van der Waals surface area contributed by atoms with Gasteiger partial charge >= 0.3 is 0 Å². The molecule has 1 fully saturated rings. The highest BCUT2D eigenvalue weighted by Gasteiger charge is 2.34. The van der Waals surface area contributed by atoms with Gasteiger partial charge in [-0.05, 0) is 66.3 Å². The summed E-state index contributed by atoms with van der Waals surface area (Å²) in [5, 5.41) is 0. The largest absolute Gasteiger partial charge is 0.494 e. The Labute approximate surface area is 159 Å². The molecule has 1 saturated carbocycles. The van der Waals surface area contributed by atoms with E-state index in [1.807, 2.05) is 6.92 Å². The van der Waals surface area contributed by atoms with E-state index in [0.29, 0.717) is 12.0 Å². The van der Waals surface area contributed by atoms with Crippen LogP contribution in [0, 0.1) is 5.92 Å². The van der Waals surface area contributed by atoms with Crippen LogP contribution in [0.15, 0.2) is 48.5 Å². The Kier molecular flexibility index (Phi) is 6.40. The Bertz CT molecular complexity index is 662. The van der Waals surface area contributed by atoms with Crippen molar-refractivity contribution in [3.8, 4) is 16.9 Å². The summed E-state index contributed by atoms with van der Waals surface area (Å²) >= 11 is 0. The molecule has 2 aromatic rings. The molecule has 0 radical (unpaired) electrons. The number of hydrogen-bond donors (Lipinski definition) is 0. The molecule has 26 heavy (non-hydrogen) atoms. The van der Waals surface area contributed by atoms with E-state index in [1.165, 1.54) is 56.1 Å². The van der Waals surface area contributed by atoms with Crippen molar-refractivity contribution in [1.29, 1.82) is 0 Å². The third kappa shape index (κ3) is 4.31. The molecule has 2 aromatic carbocycles. The van der Waals surface area contributed by atoms with Gasteiger partial charge in [0.05, 0.1) is 6.61 Å². The molecule has 0 spiro atoms. The Morgan fingerprint density at radius 3 is 1.96 bits per heavy atom. The average molecular weight is 351 g/mol. The van der Waals surface area contributed by atoms with Crippen molar-refractivity contribution in [1.82, 2.24) is 0 Å². The summed E-state index contributed by atoms with van der Waals surface area (Å²) in [5.74, 6) is 1.75. The summed E-state index contributed by atoms with van der Waals surface area (Å²) in [6.45, 7) is 7.49. The minimum atomic E-state index is 0.408. The van der Waals surface area contributed by atoms with E-state index < -0.39 is 0 Å². The topological polar surface area (TPSA) is 9.23 Å². The van der Waals surface area contributed by atoms with E-state index in [0.717, 1.165) is 11.7 Å². The van der Waals surface area contributed by atoms with Crippen LogP contribution >= 0.6 is 0 Å². The second kappa shape index (κ2) is 8.75. The maximum absolute atomic E-state index is 5.56. The Hall–Kier alpha value is -1.76. The molecular formula is C25H34O. The van der Waals surface area contributed by atoms with Crippen LogP contribution in [-0.4, -0.2) is 6.61 Å². The maximum atomic E-state index is 5.56. The number of benzene rings is 2. The fourth-order valence-electron chi connectivity index (χ4n) is 4.58. The van der Waals surface area contributed by atoms with E-state index in [2.05, 4.69) is 62.4 Å². The summed E-state index contributed by atoms with van der Waals surface area (Å²) < 4.78 is 5.56. The highest BCUT2D eigenvalue weighted by molar-refractivity contribution is 5.64. The molecule has 0 bridgehead atoms. The van der Waals surface area contributed by atoms with Gasteiger partial charge in [0.2, 0.25) is 0 Å². The van der Waals surface area contributed by atoms with Crippen LogP contribution < -0.4 is 4.74 Å². The van der Waals surface area contributed by atoms with E-state index >= 15 is 0 Å². The first kappa shape index (κ1) is 19.0. The van der Waals surface area contributed by atoms with E-state index in [1.54, 1.807) is 5.56 Å². The van der Waals surface area contributed by atoms with Gasteiger partial charge in [0.25, 0.3) is 0 Å². The zero-order chi connectivity index (χ0) is 18.4. The number of hydrogen-bond acceptors (Lipinski definition) is 1. The van der Waals surface area contributed by atoms with E-state index in [-0.39, 0.29) is 0 Å². The second-order valence-electron chi connectivity index (χ2n) is 8.09. The minimum absolute atomic E-state index is 0.408. The van der Waals surface area contributed by atoms with Crippen molar-refractivity contribution >= 4 is 0 Å². The summed E-state index contributed by atoms with van der Waals surface area (Å²) in [5.41, 5.74) is 4.53. The van der Waals surface area contributed by atoms with Gasteiger partial charge in [-0.25, -0.2) is 0 Å². The predicted octanol–water partition coefficient (Wildman–Crippen LogP) is 7.39. The first-order chi connectivity index (χ1) is 12.7. The highest BCUT2D eigenvalue weighted by Crippen LogP contribution is 2.45. The van der Waals surface area contributed by atoms with Crippen molar-refractivity contribution in [2.24, 2.45) is 5.92 Å². The zero-order valence-corrected chi connectivity index (χ0v) is 16.8. The first-order valence-electron chi connectivity index (χ1n) is 10.5. The highest BCUT2D eigenvalue weighted by atomic mass is 16.5. The van der Waals surface area contributed by atoms with Gasteiger partial charge < -0.3 is 4.74 Å². The molecule has 1 nitrogen and oxygen atoms in total. The summed E-state index contributed by atoms with van der Waals surface area (Å²) in [6.07, 6.45) is 9.53. The smallest absolute Gasteiger partial charge is 0.119 e. The molecule has 3 rings (SSSR count). The Morgan fingerprint density at radius 2 is 1.42 bits per heavy atom. The zero-order valence-electron chi connectivity index (χ0n) is 16.8. The quantitative estimate of drug-likeness (QED) is 0.506.